The predicted molar refractivity (Wildman–Crippen MR) is 67.7 cm³/mol. The van der Waals surface area contributed by atoms with Crippen LogP contribution in [0.5, 0.6) is 0 Å². The fourth-order valence-electron chi connectivity index (χ4n) is 1.21. The molecule has 0 aliphatic rings. The summed E-state index contributed by atoms with van der Waals surface area (Å²) >= 11 is 3.96. The number of thiol groups is 1. The number of nitrogens with two attached hydrogens (primary N) is 1. The lowest BCUT2D eigenvalue weighted by molar-refractivity contribution is -0.147. The minimum absolute atomic E-state index is 0.145. The Morgan fingerprint density at radius 2 is 1.94 bits per heavy atom. The largest absolute Gasteiger partial charge is 0.460 e. The van der Waals surface area contributed by atoms with Gasteiger partial charge in [0.25, 0.3) is 0 Å². The van der Waals surface area contributed by atoms with Crippen LogP contribution in [0.3, 0.4) is 0 Å². The highest BCUT2D eigenvalue weighted by Crippen LogP contribution is 2.06. The van der Waals surface area contributed by atoms with Crippen LogP contribution >= 0.6 is 12.6 Å². The zero-order chi connectivity index (χ0) is 12.8. The van der Waals surface area contributed by atoms with Gasteiger partial charge < -0.3 is 10.5 Å². The maximum atomic E-state index is 11.5. The topological polar surface area (TPSA) is 69.4 Å². The van der Waals surface area contributed by atoms with E-state index in [2.05, 4.69) is 12.6 Å². The molecule has 17 heavy (non-hydrogen) atoms. The SMILES string of the molecule is CC(=O)C(S)[C@H](N)C(=O)OCc1ccccc1. The molecule has 1 unspecified atom stereocenters. The van der Waals surface area contributed by atoms with E-state index in [0.29, 0.717) is 0 Å². The molecule has 0 aliphatic carbocycles. The van der Waals surface area contributed by atoms with Crippen molar-refractivity contribution in [3.63, 3.8) is 0 Å². The Kier molecular flexibility index (Phi) is 5.18. The van der Waals surface area contributed by atoms with Crippen molar-refractivity contribution < 1.29 is 14.3 Å². The van der Waals surface area contributed by atoms with Crippen molar-refractivity contribution in [3.05, 3.63) is 35.9 Å². The van der Waals surface area contributed by atoms with Crippen LogP contribution in [0.15, 0.2) is 30.3 Å². The molecular weight excluding hydrogens is 238 g/mol. The Balaban J connectivity index is 2.47. The smallest absolute Gasteiger partial charge is 0.324 e. The first-order valence-electron chi connectivity index (χ1n) is 5.17. The number of carbonyl (C=O) groups is 2. The Bertz CT molecular complexity index is 394. The lowest BCUT2D eigenvalue weighted by atomic mass is 10.1. The number of carbonyl (C=O) groups excluding carboxylic acids is 2. The summed E-state index contributed by atoms with van der Waals surface area (Å²) in [5.74, 6) is -0.874. The van der Waals surface area contributed by atoms with Crippen LogP contribution in [0.4, 0.5) is 0 Å². The van der Waals surface area contributed by atoms with Gasteiger partial charge in [-0.15, -0.1) is 0 Å². The molecule has 0 heterocycles. The normalized spacial score (nSPS) is 13.8. The first-order valence-corrected chi connectivity index (χ1v) is 5.68. The molecule has 1 aromatic carbocycles. The van der Waals surface area contributed by atoms with Gasteiger partial charge in [0, 0.05) is 0 Å². The van der Waals surface area contributed by atoms with Gasteiger partial charge in [0.2, 0.25) is 0 Å². The number of rotatable bonds is 5. The van der Waals surface area contributed by atoms with E-state index in [9.17, 15) is 9.59 Å². The number of ketones is 1. The predicted octanol–water partition coefficient (Wildman–Crippen LogP) is 0.944. The summed E-state index contributed by atoms with van der Waals surface area (Å²) in [6, 6.07) is 8.21. The fourth-order valence-corrected chi connectivity index (χ4v) is 1.33. The molecule has 2 N–H and O–H groups in total. The molecule has 0 bridgehead atoms. The molecule has 0 radical (unpaired) electrons. The van der Waals surface area contributed by atoms with Crippen molar-refractivity contribution in [1.82, 2.24) is 0 Å². The van der Waals surface area contributed by atoms with E-state index >= 15 is 0 Å². The lowest BCUT2D eigenvalue weighted by Crippen LogP contribution is -2.43. The van der Waals surface area contributed by atoms with Gasteiger partial charge in [-0.2, -0.15) is 12.6 Å². The van der Waals surface area contributed by atoms with Crippen LogP contribution in [-0.4, -0.2) is 23.0 Å². The minimum Gasteiger partial charge on any atom is -0.460 e. The highest BCUT2D eigenvalue weighted by atomic mass is 32.1. The number of benzene rings is 1. The summed E-state index contributed by atoms with van der Waals surface area (Å²) in [7, 11) is 0. The van der Waals surface area contributed by atoms with Gasteiger partial charge in [-0.1, -0.05) is 30.3 Å². The number of Topliss-reactive ketones (excluding diaryl/α,β-unsaturated/α-hetero) is 1. The van der Waals surface area contributed by atoms with Crippen LogP contribution in [0.2, 0.25) is 0 Å². The van der Waals surface area contributed by atoms with Gasteiger partial charge in [0.05, 0.1) is 5.25 Å². The minimum atomic E-state index is -1.03. The van der Waals surface area contributed by atoms with Gasteiger partial charge >= 0.3 is 5.97 Å². The zero-order valence-electron chi connectivity index (χ0n) is 9.50. The van der Waals surface area contributed by atoms with E-state index in [1.165, 1.54) is 6.92 Å². The Hall–Kier alpha value is -1.33. The molecule has 0 spiro atoms. The van der Waals surface area contributed by atoms with E-state index < -0.39 is 17.3 Å². The summed E-state index contributed by atoms with van der Waals surface area (Å²) in [6.45, 7) is 1.48. The Morgan fingerprint density at radius 1 is 1.35 bits per heavy atom. The molecule has 92 valence electrons. The Labute approximate surface area is 106 Å². The Morgan fingerprint density at radius 3 is 2.47 bits per heavy atom. The second-order valence-electron chi connectivity index (χ2n) is 3.67. The first kappa shape index (κ1) is 13.7. The van der Waals surface area contributed by atoms with Crippen LogP contribution in [0.1, 0.15) is 12.5 Å². The third-order valence-corrected chi connectivity index (χ3v) is 2.94. The van der Waals surface area contributed by atoms with Crippen molar-refractivity contribution in [2.45, 2.75) is 24.8 Å². The quantitative estimate of drug-likeness (QED) is 0.605. The van der Waals surface area contributed by atoms with Crippen LogP contribution < -0.4 is 5.73 Å². The maximum absolute atomic E-state index is 11.5. The summed E-state index contributed by atoms with van der Waals surface area (Å²) in [4.78, 5) is 22.5. The average molecular weight is 253 g/mol. The van der Waals surface area contributed by atoms with Crippen LogP contribution in [0.25, 0.3) is 0 Å². The average Bonchev–Trinajstić information content (AvgIpc) is 2.35. The van der Waals surface area contributed by atoms with E-state index in [1.54, 1.807) is 0 Å². The summed E-state index contributed by atoms with van der Waals surface area (Å²) in [6.07, 6.45) is 0. The zero-order valence-corrected chi connectivity index (χ0v) is 10.4. The number of ether oxygens (including phenoxy) is 1. The summed E-state index contributed by atoms with van der Waals surface area (Å²) in [5.41, 5.74) is 6.42. The molecule has 0 aromatic heterocycles. The second-order valence-corrected chi connectivity index (χ2v) is 4.23. The molecule has 1 aromatic rings. The highest BCUT2D eigenvalue weighted by Gasteiger charge is 2.26. The van der Waals surface area contributed by atoms with Gasteiger partial charge in [-0.25, -0.2) is 0 Å². The maximum Gasteiger partial charge on any atom is 0.324 e. The molecule has 4 nitrogen and oxygen atoms in total. The van der Waals surface area contributed by atoms with Crippen molar-refractivity contribution in [3.8, 4) is 0 Å². The lowest BCUT2D eigenvalue weighted by Gasteiger charge is -2.15. The summed E-state index contributed by atoms with van der Waals surface area (Å²) < 4.78 is 5.00. The van der Waals surface area contributed by atoms with Gasteiger partial charge in [0.15, 0.2) is 0 Å². The van der Waals surface area contributed by atoms with E-state index in [4.69, 9.17) is 10.5 Å². The molecule has 0 saturated carbocycles. The van der Waals surface area contributed by atoms with Gasteiger partial charge in [-0.3, -0.25) is 9.59 Å². The third kappa shape index (κ3) is 4.20. The number of hydrogen-bond donors (Lipinski definition) is 2. The van der Waals surface area contributed by atoms with Crippen molar-refractivity contribution >= 4 is 24.4 Å². The second kappa shape index (κ2) is 6.42. The molecule has 1 rings (SSSR count). The van der Waals surface area contributed by atoms with Crippen molar-refractivity contribution in [2.24, 2.45) is 5.73 Å². The van der Waals surface area contributed by atoms with E-state index in [1.807, 2.05) is 30.3 Å². The molecule has 0 fully saturated rings. The fraction of sp³-hybridized carbons (Fsp3) is 0.333. The molecule has 0 aliphatic heterocycles. The van der Waals surface area contributed by atoms with Gasteiger partial charge in [0.1, 0.15) is 18.4 Å². The standard InChI is InChI=1S/C12H15NO3S/c1-8(14)11(17)10(13)12(15)16-7-9-5-3-2-4-6-9/h2-6,10-11,17H,7,13H2,1H3/t10-,11?/m0/s1. The van der Waals surface area contributed by atoms with Crippen LogP contribution in [0, 0.1) is 0 Å². The summed E-state index contributed by atoms with van der Waals surface area (Å²) in [5, 5.41) is -0.821. The van der Waals surface area contributed by atoms with Crippen molar-refractivity contribution in [2.75, 3.05) is 0 Å². The molecule has 0 saturated heterocycles. The van der Waals surface area contributed by atoms with E-state index in [0.717, 1.165) is 5.56 Å². The van der Waals surface area contributed by atoms with Crippen molar-refractivity contribution in [1.29, 1.82) is 0 Å². The monoisotopic (exact) mass is 253 g/mol. The number of esters is 1. The molecular formula is C12H15NO3S. The van der Waals surface area contributed by atoms with Gasteiger partial charge in [-0.05, 0) is 12.5 Å². The van der Waals surface area contributed by atoms with E-state index in [-0.39, 0.29) is 12.4 Å². The molecule has 0 amide bonds. The van der Waals surface area contributed by atoms with Crippen LogP contribution in [-0.2, 0) is 20.9 Å². The molecule has 5 heteroatoms. The highest BCUT2D eigenvalue weighted by molar-refractivity contribution is 7.82. The third-order valence-electron chi connectivity index (χ3n) is 2.25. The number of hydrogen-bond acceptors (Lipinski definition) is 5. The first-order chi connectivity index (χ1) is 8.02. The molecule has 2 atom stereocenters.